The first-order chi connectivity index (χ1) is 9.24. The average molecular weight is 283 g/mol. The number of nitrogens with zero attached hydrogens (tertiary/aromatic N) is 1. The molecule has 19 heavy (non-hydrogen) atoms. The number of carbonyl (C=O) groups excluding carboxylic acids is 1. The van der Waals surface area contributed by atoms with Gasteiger partial charge in [-0.2, -0.15) is 0 Å². The molecule has 0 bridgehead atoms. The fourth-order valence-corrected chi connectivity index (χ4v) is 2.18. The Hall–Kier alpha value is -1.20. The number of carbonyl (C=O) groups is 1. The number of methoxy groups -OCH3 is 1. The van der Waals surface area contributed by atoms with E-state index in [9.17, 15) is 4.79 Å². The third-order valence-corrected chi connectivity index (χ3v) is 3.43. The predicted molar refractivity (Wildman–Crippen MR) is 78.8 cm³/mol. The molecule has 0 N–H and O–H groups in total. The summed E-state index contributed by atoms with van der Waals surface area (Å²) in [6.45, 7) is 1.78. The highest BCUT2D eigenvalue weighted by Crippen LogP contribution is 2.08. The number of benzene rings is 1. The normalized spacial score (nSPS) is 10.2. The third-order valence-electron chi connectivity index (χ3n) is 2.52. The molecule has 1 rings (SSSR count). The minimum atomic E-state index is 0.123. The zero-order valence-corrected chi connectivity index (χ0v) is 12.3. The van der Waals surface area contributed by atoms with Crippen molar-refractivity contribution in [1.82, 2.24) is 4.90 Å². The minimum Gasteiger partial charge on any atom is -0.492 e. The van der Waals surface area contributed by atoms with Crippen LogP contribution in [-0.2, 0) is 9.53 Å². The topological polar surface area (TPSA) is 38.8 Å². The molecule has 1 aromatic carbocycles. The van der Waals surface area contributed by atoms with E-state index < -0.39 is 0 Å². The van der Waals surface area contributed by atoms with E-state index in [2.05, 4.69) is 0 Å². The monoisotopic (exact) mass is 283 g/mol. The van der Waals surface area contributed by atoms with Crippen molar-refractivity contribution in [2.24, 2.45) is 0 Å². The van der Waals surface area contributed by atoms with Gasteiger partial charge >= 0.3 is 0 Å². The van der Waals surface area contributed by atoms with Gasteiger partial charge in [0.15, 0.2) is 0 Å². The number of likely N-dealkylation sites (N-methyl/N-ethyl adjacent to an activating group) is 1. The Labute approximate surface area is 119 Å². The van der Waals surface area contributed by atoms with Crippen molar-refractivity contribution in [3.05, 3.63) is 30.3 Å². The van der Waals surface area contributed by atoms with Crippen LogP contribution >= 0.6 is 11.8 Å². The maximum Gasteiger partial charge on any atom is 0.232 e. The number of hydrogen-bond donors (Lipinski definition) is 0. The second-order valence-electron chi connectivity index (χ2n) is 4.02. The second-order valence-corrected chi connectivity index (χ2v) is 5.13. The summed E-state index contributed by atoms with van der Waals surface area (Å²) >= 11 is 1.59. The summed E-state index contributed by atoms with van der Waals surface area (Å²) in [6.07, 6.45) is 0. The molecule has 0 heterocycles. The van der Waals surface area contributed by atoms with Crippen LogP contribution in [0.25, 0.3) is 0 Å². The first kappa shape index (κ1) is 15.9. The molecule has 0 saturated carbocycles. The van der Waals surface area contributed by atoms with Crippen molar-refractivity contribution in [3.8, 4) is 5.75 Å². The van der Waals surface area contributed by atoms with Crippen molar-refractivity contribution in [2.75, 3.05) is 45.4 Å². The van der Waals surface area contributed by atoms with Crippen LogP contribution in [0, 0.1) is 0 Å². The molecular weight excluding hydrogens is 262 g/mol. The van der Waals surface area contributed by atoms with Crippen molar-refractivity contribution < 1.29 is 14.3 Å². The van der Waals surface area contributed by atoms with Gasteiger partial charge in [0.1, 0.15) is 12.4 Å². The Morgan fingerprint density at radius 2 is 2.00 bits per heavy atom. The number of thioether (sulfide) groups is 1. The number of amides is 1. The van der Waals surface area contributed by atoms with Crippen molar-refractivity contribution in [3.63, 3.8) is 0 Å². The summed E-state index contributed by atoms with van der Waals surface area (Å²) in [6, 6.07) is 9.61. The van der Waals surface area contributed by atoms with Gasteiger partial charge in [0.05, 0.1) is 18.9 Å². The molecule has 0 spiro atoms. The van der Waals surface area contributed by atoms with Crippen LogP contribution in [0.4, 0.5) is 0 Å². The average Bonchev–Trinajstić information content (AvgIpc) is 2.44. The molecule has 1 aromatic rings. The highest BCUT2D eigenvalue weighted by atomic mass is 32.2. The number of ether oxygens (including phenoxy) is 2. The van der Waals surface area contributed by atoms with Crippen LogP contribution in [0.2, 0.25) is 0 Å². The van der Waals surface area contributed by atoms with E-state index in [1.807, 2.05) is 30.3 Å². The van der Waals surface area contributed by atoms with Gasteiger partial charge in [-0.15, -0.1) is 11.8 Å². The van der Waals surface area contributed by atoms with E-state index in [0.717, 1.165) is 11.5 Å². The van der Waals surface area contributed by atoms with E-state index in [0.29, 0.717) is 25.5 Å². The lowest BCUT2D eigenvalue weighted by molar-refractivity contribution is -0.127. The predicted octanol–water partition coefficient (Wildman–Crippen LogP) is 1.90. The minimum absolute atomic E-state index is 0.123. The van der Waals surface area contributed by atoms with Crippen molar-refractivity contribution in [1.29, 1.82) is 0 Å². The zero-order valence-electron chi connectivity index (χ0n) is 11.5. The molecule has 0 unspecified atom stereocenters. The first-order valence-electron chi connectivity index (χ1n) is 6.22. The molecule has 0 atom stereocenters. The lowest BCUT2D eigenvalue weighted by atomic mass is 10.3. The Morgan fingerprint density at radius 3 is 2.68 bits per heavy atom. The summed E-state index contributed by atoms with van der Waals surface area (Å²) in [5.41, 5.74) is 0. The molecule has 0 aliphatic rings. The molecule has 0 aliphatic heterocycles. The highest BCUT2D eigenvalue weighted by Gasteiger charge is 2.08. The Bertz CT molecular complexity index is 359. The first-order valence-corrected chi connectivity index (χ1v) is 7.38. The van der Waals surface area contributed by atoms with Gasteiger partial charge < -0.3 is 14.4 Å². The molecule has 0 radical (unpaired) electrons. The largest absolute Gasteiger partial charge is 0.492 e. The number of para-hydroxylation sites is 1. The van der Waals surface area contributed by atoms with Crippen LogP contribution in [0.15, 0.2) is 30.3 Å². The molecule has 0 fully saturated rings. The van der Waals surface area contributed by atoms with E-state index in [1.165, 1.54) is 0 Å². The molecule has 5 heteroatoms. The highest BCUT2D eigenvalue weighted by molar-refractivity contribution is 7.99. The Morgan fingerprint density at radius 1 is 1.26 bits per heavy atom. The summed E-state index contributed by atoms with van der Waals surface area (Å²) < 4.78 is 10.5. The van der Waals surface area contributed by atoms with Gasteiger partial charge in [-0.25, -0.2) is 0 Å². The van der Waals surface area contributed by atoms with E-state index in [1.54, 1.807) is 30.8 Å². The number of rotatable bonds is 9. The van der Waals surface area contributed by atoms with Crippen LogP contribution in [0.3, 0.4) is 0 Å². The Balaban J connectivity index is 2.12. The van der Waals surface area contributed by atoms with Crippen LogP contribution in [0.1, 0.15) is 0 Å². The van der Waals surface area contributed by atoms with Crippen molar-refractivity contribution in [2.45, 2.75) is 0 Å². The van der Waals surface area contributed by atoms with Gasteiger partial charge in [0, 0.05) is 19.9 Å². The summed E-state index contributed by atoms with van der Waals surface area (Å²) in [4.78, 5) is 13.5. The van der Waals surface area contributed by atoms with E-state index in [4.69, 9.17) is 9.47 Å². The summed E-state index contributed by atoms with van der Waals surface area (Å²) in [5.74, 6) is 2.29. The molecule has 106 valence electrons. The quantitative estimate of drug-likeness (QED) is 0.649. The second kappa shape index (κ2) is 9.69. The third kappa shape index (κ3) is 7.08. The number of hydrogen-bond acceptors (Lipinski definition) is 4. The molecular formula is C14H21NO3S. The maximum atomic E-state index is 11.8. The smallest absolute Gasteiger partial charge is 0.232 e. The standard InChI is InChI=1S/C14H21NO3S/c1-15(14(16)12-19-11-10-17-2)8-9-18-13-6-4-3-5-7-13/h3-7H,8-12H2,1-2H3. The Kier molecular flexibility index (Phi) is 8.09. The van der Waals surface area contributed by atoms with Gasteiger partial charge in [0.2, 0.25) is 5.91 Å². The molecule has 0 aliphatic carbocycles. The van der Waals surface area contributed by atoms with E-state index >= 15 is 0 Å². The molecule has 1 amide bonds. The maximum absolute atomic E-state index is 11.8. The lowest BCUT2D eigenvalue weighted by Gasteiger charge is -2.17. The van der Waals surface area contributed by atoms with Crippen molar-refractivity contribution >= 4 is 17.7 Å². The van der Waals surface area contributed by atoms with Gasteiger partial charge in [0.25, 0.3) is 0 Å². The summed E-state index contributed by atoms with van der Waals surface area (Å²) in [5, 5.41) is 0. The van der Waals surface area contributed by atoms with Crippen LogP contribution in [0.5, 0.6) is 5.75 Å². The zero-order chi connectivity index (χ0) is 13.9. The van der Waals surface area contributed by atoms with Gasteiger partial charge in [-0.05, 0) is 12.1 Å². The fraction of sp³-hybridized carbons (Fsp3) is 0.500. The van der Waals surface area contributed by atoms with E-state index in [-0.39, 0.29) is 5.91 Å². The fourth-order valence-electron chi connectivity index (χ4n) is 1.35. The molecule has 0 aromatic heterocycles. The molecule has 4 nitrogen and oxygen atoms in total. The van der Waals surface area contributed by atoms with Gasteiger partial charge in [-0.1, -0.05) is 18.2 Å². The molecule has 0 saturated heterocycles. The van der Waals surface area contributed by atoms with Crippen LogP contribution < -0.4 is 4.74 Å². The summed E-state index contributed by atoms with van der Waals surface area (Å²) in [7, 11) is 3.46. The van der Waals surface area contributed by atoms with Crippen LogP contribution in [-0.4, -0.2) is 56.2 Å². The SMILES string of the molecule is COCCSCC(=O)N(C)CCOc1ccccc1. The lowest BCUT2D eigenvalue weighted by Crippen LogP contribution is -2.32. The van der Waals surface area contributed by atoms with Gasteiger partial charge in [-0.3, -0.25) is 4.79 Å².